The van der Waals surface area contributed by atoms with Gasteiger partial charge in [-0.15, -0.1) is 0 Å². The van der Waals surface area contributed by atoms with Crippen LogP contribution in [0.3, 0.4) is 0 Å². The van der Waals surface area contributed by atoms with Crippen molar-refractivity contribution in [3.63, 3.8) is 0 Å². The van der Waals surface area contributed by atoms with E-state index in [2.05, 4.69) is 0 Å². The van der Waals surface area contributed by atoms with E-state index in [1.807, 2.05) is 0 Å². The minimum atomic E-state index is -0.227. The Bertz CT molecular complexity index is 296. The predicted octanol–water partition coefficient (Wildman–Crippen LogP) is 0.492. The smallest absolute Gasteiger partial charge is 0.156 e. The molecule has 4 heteroatoms. The van der Waals surface area contributed by atoms with Gasteiger partial charge in [-0.25, -0.2) is 0 Å². The van der Waals surface area contributed by atoms with E-state index in [9.17, 15) is 4.79 Å². The molecule has 4 N–H and O–H groups in total. The van der Waals surface area contributed by atoms with Crippen LogP contribution < -0.4 is 5.73 Å². The summed E-state index contributed by atoms with van der Waals surface area (Å²) in [6.07, 6.45) is 0.393. The summed E-state index contributed by atoms with van der Waals surface area (Å²) < 4.78 is 0. The highest BCUT2D eigenvalue weighted by molar-refractivity contribution is 5.89. The van der Waals surface area contributed by atoms with E-state index < -0.39 is 0 Å². The highest BCUT2D eigenvalue weighted by atomic mass is 16.3. The fraction of sp³-hybridized carbons (Fsp3) is 0. The maximum Gasteiger partial charge on any atom is 0.156 e. The van der Waals surface area contributed by atoms with E-state index in [0.29, 0.717) is 6.29 Å². The molecule has 1 rings (SSSR count). The Morgan fingerprint density at radius 1 is 1.27 bits per heavy atom. The van der Waals surface area contributed by atoms with Crippen LogP contribution in [-0.2, 0) is 0 Å². The number of aldehydes is 1. The van der Waals surface area contributed by atoms with Gasteiger partial charge in [0.2, 0.25) is 0 Å². The third-order valence-corrected chi connectivity index (χ3v) is 1.36. The Morgan fingerprint density at radius 3 is 2.27 bits per heavy atom. The van der Waals surface area contributed by atoms with Crippen LogP contribution in [0.15, 0.2) is 12.1 Å². The summed E-state index contributed by atoms with van der Waals surface area (Å²) in [7, 11) is 0. The summed E-state index contributed by atoms with van der Waals surface area (Å²) in [4.78, 5) is 10.2. The van der Waals surface area contributed by atoms with Crippen molar-refractivity contribution in [1.29, 1.82) is 0 Å². The molecule has 0 aliphatic rings. The molecule has 0 aliphatic carbocycles. The number of hydrogen-bond donors (Lipinski definition) is 3. The molecule has 4 nitrogen and oxygen atoms in total. The highest BCUT2D eigenvalue weighted by Crippen LogP contribution is 2.29. The molecule has 11 heavy (non-hydrogen) atoms. The van der Waals surface area contributed by atoms with Gasteiger partial charge in [0.1, 0.15) is 11.5 Å². The first-order valence-electron chi connectivity index (χ1n) is 2.92. The van der Waals surface area contributed by atoms with Crippen LogP contribution in [0.2, 0.25) is 0 Å². The molecular weight excluding hydrogens is 146 g/mol. The lowest BCUT2D eigenvalue weighted by molar-refractivity contribution is 0.112. The van der Waals surface area contributed by atoms with Gasteiger partial charge in [-0.2, -0.15) is 0 Å². The summed E-state index contributed by atoms with van der Waals surface area (Å²) in [6.45, 7) is 0. The van der Waals surface area contributed by atoms with Crippen molar-refractivity contribution >= 4 is 12.0 Å². The van der Waals surface area contributed by atoms with E-state index in [-0.39, 0.29) is 22.7 Å². The van der Waals surface area contributed by atoms with Crippen LogP contribution in [0.4, 0.5) is 5.69 Å². The molecule has 0 heterocycles. The second kappa shape index (κ2) is 2.49. The number of phenolic OH excluding ortho intramolecular Hbond substituents is 2. The van der Waals surface area contributed by atoms with Gasteiger partial charge < -0.3 is 15.9 Å². The molecule has 1 aromatic carbocycles. The molecule has 0 spiro atoms. The largest absolute Gasteiger partial charge is 0.507 e. The van der Waals surface area contributed by atoms with Gasteiger partial charge in [0.05, 0.1) is 11.3 Å². The number of nitrogen functional groups attached to an aromatic ring is 1. The molecule has 0 bridgehead atoms. The topological polar surface area (TPSA) is 83.6 Å². The summed E-state index contributed by atoms with van der Waals surface area (Å²) in [5, 5.41) is 18.0. The Hall–Kier alpha value is -1.71. The summed E-state index contributed by atoms with van der Waals surface area (Å²) >= 11 is 0. The fourth-order valence-electron chi connectivity index (χ4n) is 0.737. The number of benzene rings is 1. The number of anilines is 1. The molecule has 0 radical (unpaired) electrons. The lowest BCUT2D eigenvalue weighted by Gasteiger charge is -2.02. The van der Waals surface area contributed by atoms with Crippen molar-refractivity contribution in [3.8, 4) is 11.5 Å². The van der Waals surface area contributed by atoms with Crippen LogP contribution in [-0.4, -0.2) is 16.5 Å². The molecule has 58 valence electrons. The average Bonchev–Trinajstić information content (AvgIpc) is 1.99. The van der Waals surface area contributed by atoms with Crippen molar-refractivity contribution in [2.45, 2.75) is 0 Å². The molecule has 0 aromatic heterocycles. The van der Waals surface area contributed by atoms with Gasteiger partial charge in [0, 0.05) is 0 Å². The molecule has 1 aromatic rings. The summed E-state index contributed by atoms with van der Waals surface area (Å²) in [5.74, 6) is -0.430. The summed E-state index contributed by atoms with van der Waals surface area (Å²) in [6, 6.07) is 2.42. The molecule has 0 atom stereocenters. The van der Waals surface area contributed by atoms with Gasteiger partial charge in [-0.05, 0) is 12.1 Å². The lowest BCUT2D eigenvalue weighted by atomic mass is 10.1. The van der Waals surface area contributed by atoms with Crippen molar-refractivity contribution < 1.29 is 15.0 Å². The van der Waals surface area contributed by atoms with Gasteiger partial charge in [0.15, 0.2) is 6.29 Å². The average molecular weight is 153 g/mol. The van der Waals surface area contributed by atoms with E-state index in [1.54, 1.807) is 0 Å². The fourth-order valence-corrected chi connectivity index (χ4v) is 0.737. The summed E-state index contributed by atoms with van der Waals surface area (Å²) in [5.41, 5.74) is 5.08. The molecule has 0 amide bonds. The van der Waals surface area contributed by atoms with E-state index in [1.165, 1.54) is 12.1 Å². The minimum absolute atomic E-state index is 0.0787. The van der Waals surface area contributed by atoms with Crippen LogP contribution in [0.5, 0.6) is 11.5 Å². The van der Waals surface area contributed by atoms with Crippen molar-refractivity contribution in [2.75, 3.05) is 5.73 Å². The first-order valence-corrected chi connectivity index (χ1v) is 2.92. The maximum absolute atomic E-state index is 10.2. The number of aromatic hydroxyl groups is 2. The third kappa shape index (κ3) is 1.10. The number of phenols is 2. The van der Waals surface area contributed by atoms with E-state index in [0.717, 1.165) is 0 Å². The first-order chi connectivity index (χ1) is 5.16. The van der Waals surface area contributed by atoms with Crippen LogP contribution in [0.25, 0.3) is 0 Å². The second-order valence-corrected chi connectivity index (χ2v) is 2.05. The van der Waals surface area contributed by atoms with E-state index in [4.69, 9.17) is 15.9 Å². The van der Waals surface area contributed by atoms with Crippen LogP contribution >= 0.6 is 0 Å². The number of carbonyl (C=O) groups is 1. The SMILES string of the molecule is Nc1c(O)ccc(O)c1C=O. The van der Waals surface area contributed by atoms with Crippen LogP contribution in [0, 0.1) is 0 Å². The standard InChI is InChI=1S/C7H7NO3/c8-7-4(3-9)5(10)1-2-6(7)11/h1-3,10-11H,8H2. The zero-order chi connectivity index (χ0) is 8.43. The lowest BCUT2D eigenvalue weighted by Crippen LogP contribution is -1.93. The molecule has 0 unspecified atom stereocenters. The van der Waals surface area contributed by atoms with E-state index >= 15 is 0 Å². The monoisotopic (exact) mass is 153 g/mol. The molecular formula is C7H7NO3. The third-order valence-electron chi connectivity index (χ3n) is 1.36. The Balaban J connectivity index is 3.40. The van der Waals surface area contributed by atoms with Gasteiger partial charge in [-0.1, -0.05) is 0 Å². The minimum Gasteiger partial charge on any atom is -0.507 e. The predicted molar refractivity (Wildman–Crippen MR) is 39.6 cm³/mol. The van der Waals surface area contributed by atoms with Gasteiger partial charge in [0.25, 0.3) is 0 Å². The zero-order valence-corrected chi connectivity index (χ0v) is 5.61. The van der Waals surface area contributed by atoms with Gasteiger partial charge in [-0.3, -0.25) is 4.79 Å². The number of rotatable bonds is 1. The molecule has 0 saturated carbocycles. The number of hydrogen-bond acceptors (Lipinski definition) is 4. The van der Waals surface area contributed by atoms with Gasteiger partial charge >= 0.3 is 0 Å². The molecule has 0 saturated heterocycles. The Labute approximate surface area is 62.9 Å². The molecule has 0 fully saturated rings. The molecule has 0 aliphatic heterocycles. The number of nitrogens with two attached hydrogens (primary N) is 1. The normalized spacial score (nSPS) is 9.45. The van der Waals surface area contributed by atoms with Crippen LogP contribution in [0.1, 0.15) is 10.4 Å². The Morgan fingerprint density at radius 2 is 1.82 bits per heavy atom. The van der Waals surface area contributed by atoms with Crippen molar-refractivity contribution in [3.05, 3.63) is 17.7 Å². The quantitative estimate of drug-likeness (QED) is 0.237. The highest BCUT2D eigenvalue weighted by Gasteiger charge is 2.07. The zero-order valence-electron chi connectivity index (χ0n) is 5.61. The van der Waals surface area contributed by atoms with Crippen molar-refractivity contribution in [2.24, 2.45) is 0 Å². The number of carbonyl (C=O) groups excluding carboxylic acids is 1. The second-order valence-electron chi connectivity index (χ2n) is 2.05. The Kier molecular flexibility index (Phi) is 1.68. The first kappa shape index (κ1) is 7.40. The maximum atomic E-state index is 10.2. The van der Waals surface area contributed by atoms with Crippen molar-refractivity contribution in [1.82, 2.24) is 0 Å².